The molecule has 94 valence electrons. The van der Waals surface area contributed by atoms with Crippen LogP contribution < -0.4 is 5.32 Å². The largest absolute Gasteiger partial charge is 0.313 e. The normalized spacial score (nSPS) is 12.4. The van der Waals surface area contributed by atoms with Crippen molar-refractivity contribution in [3.8, 4) is 11.1 Å². The van der Waals surface area contributed by atoms with Gasteiger partial charge in [0.05, 0.1) is 0 Å². The molecule has 1 atom stereocenters. The van der Waals surface area contributed by atoms with Crippen LogP contribution in [-0.4, -0.2) is 7.05 Å². The lowest BCUT2D eigenvalue weighted by atomic mass is 9.99. The molecule has 2 aromatic rings. The van der Waals surface area contributed by atoms with Gasteiger partial charge in [0.2, 0.25) is 0 Å². The van der Waals surface area contributed by atoms with E-state index in [0.717, 1.165) is 5.56 Å². The molecule has 2 aromatic carbocycles. The lowest BCUT2D eigenvalue weighted by molar-refractivity contribution is 0.620. The molecule has 3 heteroatoms. The summed E-state index contributed by atoms with van der Waals surface area (Å²) in [5.74, 6) is -0.618. The first-order valence-electron chi connectivity index (χ1n) is 5.84. The van der Waals surface area contributed by atoms with Gasteiger partial charge >= 0.3 is 0 Å². The van der Waals surface area contributed by atoms with E-state index < -0.39 is 0 Å². The molecule has 0 aliphatic heterocycles. The van der Waals surface area contributed by atoms with Crippen LogP contribution in [0.2, 0.25) is 0 Å². The monoisotopic (exact) mass is 247 g/mol. The fraction of sp³-hybridized carbons (Fsp3) is 0.200. The van der Waals surface area contributed by atoms with Gasteiger partial charge in [0.25, 0.3) is 0 Å². The Bertz CT molecular complexity index is 535. The van der Waals surface area contributed by atoms with Crippen LogP contribution in [0.5, 0.6) is 0 Å². The summed E-state index contributed by atoms with van der Waals surface area (Å²) in [6, 6.07) is 11.0. The highest BCUT2D eigenvalue weighted by Gasteiger charge is 2.09. The van der Waals surface area contributed by atoms with Crippen LogP contribution in [0.4, 0.5) is 8.78 Å². The van der Waals surface area contributed by atoms with Crippen LogP contribution in [0.3, 0.4) is 0 Å². The van der Waals surface area contributed by atoms with Gasteiger partial charge in [-0.05, 0) is 49.4 Å². The molecular formula is C15H15F2N. The number of hydrogen-bond donors (Lipinski definition) is 1. The van der Waals surface area contributed by atoms with E-state index in [0.29, 0.717) is 11.1 Å². The van der Waals surface area contributed by atoms with Crippen molar-refractivity contribution < 1.29 is 8.78 Å². The second kappa shape index (κ2) is 5.27. The fourth-order valence-corrected chi connectivity index (χ4v) is 1.83. The minimum absolute atomic E-state index is 0.143. The second-order valence-corrected chi connectivity index (χ2v) is 4.26. The smallest absolute Gasteiger partial charge is 0.131 e. The molecule has 18 heavy (non-hydrogen) atoms. The second-order valence-electron chi connectivity index (χ2n) is 4.26. The lowest BCUT2D eigenvalue weighted by Gasteiger charge is -2.13. The summed E-state index contributed by atoms with van der Waals surface area (Å²) < 4.78 is 26.7. The Kier molecular flexibility index (Phi) is 3.72. The minimum atomic E-state index is -0.320. The number of hydrogen-bond acceptors (Lipinski definition) is 1. The van der Waals surface area contributed by atoms with E-state index in [2.05, 4.69) is 5.32 Å². The third kappa shape index (κ3) is 2.57. The van der Waals surface area contributed by atoms with Crippen molar-refractivity contribution >= 4 is 0 Å². The summed E-state index contributed by atoms with van der Waals surface area (Å²) in [6.45, 7) is 2.00. The number of rotatable bonds is 3. The van der Waals surface area contributed by atoms with Crippen LogP contribution in [0.1, 0.15) is 18.5 Å². The molecule has 0 amide bonds. The highest BCUT2D eigenvalue weighted by molar-refractivity contribution is 5.65. The van der Waals surface area contributed by atoms with Crippen LogP contribution in [0.25, 0.3) is 11.1 Å². The molecular weight excluding hydrogens is 232 g/mol. The first-order valence-corrected chi connectivity index (χ1v) is 5.84. The van der Waals surface area contributed by atoms with Crippen LogP contribution in [0, 0.1) is 11.6 Å². The molecule has 2 rings (SSSR count). The molecule has 1 nitrogen and oxygen atoms in total. The van der Waals surface area contributed by atoms with Gasteiger partial charge in [-0.15, -0.1) is 0 Å². The van der Waals surface area contributed by atoms with E-state index >= 15 is 0 Å². The van der Waals surface area contributed by atoms with E-state index in [1.165, 1.54) is 18.2 Å². The highest BCUT2D eigenvalue weighted by atomic mass is 19.1. The van der Waals surface area contributed by atoms with Gasteiger partial charge in [-0.25, -0.2) is 8.78 Å². The van der Waals surface area contributed by atoms with Crippen molar-refractivity contribution in [3.05, 3.63) is 59.7 Å². The van der Waals surface area contributed by atoms with Crippen LogP contribution in [-0.2, 0) is 0 Å². The van der Waals surface area contributed by atoms with Crippen molar-refractivity contribution in [2.75, 3.05) is 7.05 Å². The molecule has 0 aromatic heterocycles. The predicted octanol–water partition coefficient (Wildman–Crippen LogP) is 3.91. The maximum absolute atomic E-state index is 13.8. The summed E-state index contributed by atoms with van der Waals surface area (Å²) in [5, 5.41) is 3.11. The van der Waals surface area contributed by atoms with Gasteiger partial charge in [-0.2, -0.15) is 0 Å². The molecule has 0 aliphatic rings. The first kappa shape index (κ1) is 12.7. The summed E-state index contributed by atoms with van der Waals surface area (Å²) >= 11 is 0. The maximum Gasteiger partial charge on any atom is 0.131 e. The van der Waals surface area contributed by atoms with Crippen LogP contribution >= 0.6 is 0 Å². The molecule has 1 N–H and O–H groups in total. The zero-order valence-corrected chi connectivity index (χ0v) is 10.4. The summed E-state index contributed by atoms with van der Waals surface area (Å²) in [5.41, 5.74) is 2.17. The summed E-state index contributed by atoms with van der Waals surface area (Å²) in [6.07, 6.45) is 0. The lowest BCUT2D eigenvalue weighted by Crippen LogP contribution is -2.12. The molecule has 0 saturated heterocycles. The Hall–Kier alpha value is -1.74. The average molecular weight is 247 g/mol. The molecule has 0 heterocycles. The van der Waals surface area contributed by atoms with Crippen molar-refractivity contribution in [1.82, 2.24) is 5.32 Å². The molecule has 0 radical (unpaired) electrons. The Morgan fingerprint density at radius 1 is 1.00 bits per heavy atom. The summed E-state index contributed by atoms with van der Waals surface area (Å²) in [4.78, 5) is 0. The zero-order valence-electron chi connectivity index (χ0n) is 10.4. The zero-order chi connectivity index (χ0) is 13.1. The predicted molar refractivity (Wildman–Crippen MR) is 69.3 cm³/mol. The van der Waals surface area contributed by atoms with Gasteiger partial charge < -0.3 is 5.32 Å². The molecule has 0 fully saturated rings. The molecule has 1 unspecified atom stereocenters. The van der Waals surface area contributed by atoms with Gasteiger partial charge in [0.15, 0.2) is 0 Å². The van der Waals surface area contributed by atoms with E-state index in [-0.39, 0.29) is 17.7 Å². The highest BCUT2D eigenvalue weighted by Crippen LogP contribution is 2.26. The standard InChI is InChI=1S/C15H15F2N/c1-10(18-2)12-5-8-15(17)14(9-12)11-3-6-13(16)7-4-11/h3-10,18H,1-2H3. The van der Waals surface area contributed by atoms with Crippen molar-refractivity contribution in [3.63, 3.8) is 0 Å². The quantitative estimate of drug-likeness (QED) is 0.867. The Balaban J connectivity index is 2.46. The first-order chi connectivity index (χ1) is 8.61. The third-order valence-electron chi connectivity index (χ3n) is 3.08. The Morgan fingerprint density at radius 2 is 1.67 bits per heavy atom. The number of benzene rings is 2. The van der Waals surface area contributed by atoms with E-state index in [9.17, 15) is 8.78 Å². The molecule has 0 aliphatic carbocycles. The Labute approximate surface area is 105 Å². The van der Waals surface area contributed by atoms with Crippen molar-refractivity contribution in [2.45, 2.75) is 13.0 Å². The van der Waals surface area contributed by atoms with Gasteiger partial charge in [-0.1, -0.05) is 18.2 Å². The fourth-order valence-electron chi connectivity index (χ4n) is 1.83. The number of halogens is 2. The van der Waals surface area contributed by atoms with Gasteiger partial charge in [0, 0.05) is 11.6 Å². The Morgan fingerprint density at radius 3 is 2.28 bits per heavy atom. The molecule has 0 spiro atoms. The van der Waals surface area contributed by atoms with Crippen molar-refractivity contribution in [2.24, 2.45) is 0 Å². The third-order valence-corrected chi connectivity index (χ3v) is 3.08. The topological polar surface area (TPSA) is 12.0 Å². The number of nitrogens with one attached hydrogen (secondary N) is 1. The van der Waals surface area contributed by atoms with Crippen molar-refractivity contribution in [1.29, 1.82) is 0 Å². The molecule has 0 saturated carbocycles. The van der Waals surface area contributed by atoms with E-state index in [1.807, 2.05) is 14.0 Å². The van der Waals surface area contributed by atoms with Gasteiger partial charge in [-0.3, -0.25) is 0 Å². The van der Waals surface area contributed by atoms with Crippen LogP contribution in [0.15, 0.2) is 42.5 Å². The SMILES string of the molecule is CNC(C)c1ccc(F)c(-c2ccc(F)cc2)c1. The van der Waals surface area contributed by atoms with E-state index in [4.69, 9.17) is 0 Å². The molecule has 0 bridgehead atoms. The summed E-state index contributed by atoms with van der Waals surface area (Å²) in [7, 11) is 1.85. The van der Waals surface area contributed by atoms with E-state index in [1.54, 1.807) is 24.3 Å². The average Bonchev–Trinajstić information content (AvgIpc) is 2.39. The maximum atomic E-state index is 13.8. The minimum Gasteiger partial charge on any atom is -0.313 e. The van der Waals surface area contributed by atoms with Gasteiger partial charge in [0.1, 0.15) is 11.6 Å².